The fourth-order valence-corrected chi connectivity index (χ4v) is 0.836. The van der Waals surface area contributed by atoms with Crippen LogP contribution in [0.5, 0.6) is 0 Å². The third-order valence-electron chi connectivity index (χ3n) is 0.436. The van der Waals surface area contributed by atoms with Crippen molar-refractivity contribution in [3.63, 3.8) is 0 Å². The SMILES string of the molecule is Clc1[nH+]ccs1. The van der Waals surface area contributed by atoms with E-state index in [1.807, 2.05) is 5.38 Å². The van der Waals surface area contributed by atoms with E-state index in [9.17, 15) is 0 Å². The molecular weight excluding hydrogens is 118 g/mol. The standard InChI is InChI=1S/C3H2ClNS/c4-3-5-1-2-6-3/h1-2H/p+1. The van der Waals surface area contributed by atoms with E-state index in [-0.39, 0.29) is 0 Å². The van der Waals surface area contributed by atoms with Gasteiger partial charge in [-0.2, -0.15) is 4.98 Å². The van der Waals surface area contributed by atoms with Gasteiger partial charge in [-0.3, -0.25) is 0 Å². The van der Waals surface area contributed by atoms with Crippen LogP contribution in [0.25, 0.3) is 0 Å². The number of aromatic amines is 1. The molecule has 0 saturated carbocycles. The number of aromatic nitrogens is 1. The quantitative estimate of drug-likeness (QED) is 0.489. The lowest BCUT2D eigenvalue weighted by molar-refractivity contribution is -0.368. The minimum absolute atomic E-state index is 0.731. The highest BCUT2D eigenvalue weighted by Gasteiger charge is 1.89. The fourth-order valence-electron chi connectivity index (χ4n) is 0.227. The van der Waals surface area contributed by atoms with Gasteiger partial charge in [-0.1, -0.05) is 11.3 Å². The van der Waals surface area contributed by atoms with Crippen LogP contribution in [0.15, 0.2) is 11.6 Å². The van der Waals surface area contributed by atoms with Gasteiger partial charge in [-0.25, -0.2) is 0 Å². The highest BCUT2D eigenvalue weighted by Crippen LogP contribution is 2.04. The smallest absolute Gasteiger partial charge is 0.191 e. The van der Waals surface area contributed by atoms with Gasteiger partial charge >= 0.3 is 4.47 Å². The van der Waals surface area contributed by atoms with Gasteiger partial charge in [0.15, 0.2) is 6.20 Å². The highest BCUT2D eigenvalue weighted by atomic mass is 35.5. The summed E-state index contributed by atoms with van der Waals surface area (Å²) in [7, 11) is 0. The van der Waals surface area contributed by atoms with E-state index < -0.39 is 0 Å². The van der Waals surface area contributed by atoms with Crippen LogP contribution in [-0.2, 0) is 0 Å². The van der Waals surface area contributed by atoms with E-state index in [2.05, 4.69) is 4.98 Å². The monoisotopic (exact) mass is 120 g/mol. The maximum atomic E-state index is 5.42. The molecule has 0 saturated heterocycles. The molecule has 1 heterocycles. The number of H-pyrrole nitrogens is 1. The second-order valence-corrected chi connectivity index (χ2v) is 2.36. The Morgan fingerprint density at radius 1 is 1.83 bits per heavy atom. The van der Waals surface area contributed by atoms with Crippen LogP contribution in [-0.4, -0.2) is 0 Å². The first-order valence-corrected chi connectivity index (χ1v) is 2.76. The van der Waals surface area contributed by atoms with Crippen molar-refractivity contribution in [1.82, 2.24) is 0 Å². The lowest BCUT2D eigenvalue weighted by atomic mass is 11.0. The maximum Gasteiger partial charge on any atom is 0.331 e. The van der Waals surface area contributed by atoms with Crippen LogP contribution >= 0.6 is 22.9 Å². The van der Waals surface area contributed by atoms with E-state index in [1.54, 1.807) is 6.20 Å². The van der Waals surface area contributed by atoms with Crippen LogP contribution in [0.2, 0.25) is 4.47 Å². The lowest BCUT2D eigenvalue weighted by Crippen LogP contribution is -1.91. The summed E-state index contributed by atoms with van der Waals surface area (Å²) in [5, 5.41) is 1.89. The summed E-state index contributed by atoms with van der Waals surface area (Å²) in [6.45, 7) is 0. The van der Waals surface area contributed by atoms with E-state index in [0.29, 0.717) is 0 Å². The summed E-state index contributed by atoms with van der Waals surface area (Å²) >= 11 is 6.91. The van der Waals surface area contributed by atoms with E-state index in [0.717, 1.165) is 4.47 Å². The molecule has 0 spiro atoms. The number of thiazole rings is 1. The van der Waals surface area contributed by atoms with Gasteiger partial charge in [0.2, 0.25) is 0 Å². The van der Waals surface area contributed by atoms with Gasteiger partial charge in [-0.15, -0.1) is 0 Å². The number of hydrogen-bond acceptors (Lipinski definition) is 1. The lowest BCUT2D eigenvalue weighted by Gasteiger charge is -1.52. The van der Waals surface area contributed by atoms with Crippen LogP contribution in [0, 0.1) is 0 Å². The third-order valence-corrected chi connectivity index (χ3v) is 1.41. The molecule has 0 aromatic carbocycles. The average Bonchev–Trinajstić information content (AvgIpc) is 1.86. The Morgan fingerprint density at radius 2 is 2.67 bits per heavy atom. The highest BCUT2D eigenvalue weighted by molar-refractivity contribution is 7.13. The van der Waals surface area contributed by atoms with Crippen molar-refractivity contribution >= 4 is 22.9 Å². The largest absolute Gasteiger partial charge is 0.331 e. The molecule has 0 atom stereocenters. The fraction of sp³-hybridized carbons (Fsp3) is 0. The number of rotatable bonds is 0. The molecule has 0 amide bonds. The molecule has 32 valence electrons. The van der Waals surface area contributed by atoms with Gasteiger partial charge in [0.25, 0.3) is 0 Å². The van der Waals surface area contributed by atoms with Crippen molar-refractivity contribution < 1.29 is 4.98 Å². The second-order valence-electron chi connectivity index (χ2n) is 0.839. The Bertz CT molecular complexity index is 114. The minimum Gasteiger partial charge on any atom is -0.191 e. The second kappa shape index (κ2) is 1.58. The van der Waals surface area contributed by atoms with Gasteiger partial charge in [-0.05, 0) is 0 Å². The van der Waals surface area contributed by atoms with Crippen LogP contribution in [0.1, 0.15) is 0 Å². The molecule has 1 N–H and O–H groups in total. The predicted molar refractivity (Wildman–Crippen MR) is 25.9 cm³/mol. The zero-order chi connectivity index (χ0) is 4.41. The molecule has 1 aromatic heterocycles. The van der Waals surface area contributed by atoms with Gasteiger partial charge < -0.3 is 0 Å². The van der Waals surface area contributed by atoms with Gasteiger partial charge in [0.1, 0.15) is 0 Å². The first kappa shape index (κ1) is 4.09. The van der Waals surface area contributed by atoms with E-state index in [4.69, 9.17) is 11.6 Å². The van der Waals surface area contributed by atoms with Crippen LogP contribution in [0.3, 0.4) is 0 Å². The molecule has 0 radical (unpaired) electrons. The molecule has 3 heteroatoms. The first-order chi connectivity index (χ1) is 2.89. The van der Waals surface area contributed by atoms with Crippen molar-refractivity contribution in [1.29, 1.82) is 0 Å². The van der Waals surface area contributed by atoms with Crippen molar-refractivity contribution in [2.75, 3.05) is 0 Å². The molecule has 1 nitrogen and oxygen atoms in total. The first-order valence-electron chi connectivity index (χ1n) is 1.50. The summed E-state index contributed by atoms with van der Waals surface area (Å²) in [4.78, 5) is 2.78. The molecule has 1 rings (SSSR count). The summed E-state index contributed by atoms with van der Waals surface area (Å²) in [5.74, 6) is 0. The molecule has 0 fully saturated rings. The summed E-state index contributed by atoms with van der Waals surface area (Å²) < 4.78 is 0.731. The Morgan fingerprint density at radius 3 is 2.83 bits per heavy atom. The number of nitrogens with one attached hydrogen (secondary N) is 1. The zero-order valence-electron chi connectivity index (χ0n) is 2.94. The van der Waals surface area contributed by atoms with Gasteiger partial charge in [0, 0.05) is 11.6 Å². The topological polar surface area (TPSA) is 14.1 Å². The normalized spacial score (nSPS) is 8.83. The Kier molecular flexibility index (Phi) is 1.08. The number of hydrogen-bond donors (Lipinski definition) is 0. The van der Waals surface area contributed by atoms with Crippen LogP contribution in [0.4, 0.5) is 0 Å². The molecular formula is C3H3ClNS+. The molecule has 1 aromatic rings. The van der Waals surface area contributed by atoms with E-state index in [1.165, 1.54) is 11.3 Å². The Balaban J connectivity index is 3.05. The maximum absolute atomic E-state index is 5.42. The molecule has 6 heavy (non-hydrogen) atoms. The Hall–Kier alpha value is -0.0800. The summed E-state index contributed by atoms with van der Waals surface area (Å²) in [6.07, 6.45) is 1.80. The Labute approximate surface area is 44.6 Å². The summed E-state index contributed by atoms with van der Waals surface area (Å²) in [6, 6.07) is 0. The van der Waals surface area contributed by atoms with Crippen molar-refractivity contribution in [2.45, 2.75) is 0 Å². The van der Waals surface area contributed by atoms with Gasteiger partial charge in [0.05, 0.1) is 5.38 Å². The minimum atomic E-state index is 0.731. The van der Waals surface area contributed by atoms with E-state index >= 15 is 0 Å². The molecule has 0 bridgehead atoms. The van der Waals surface area contributed by atoms with Crippen molar-refractivity contribution in [3.05, 3.63) is 16.0 Å². The van der Waals surface area contributed by atoms with Crippen molar-refractivity contribution in [2.24, 2.45) is 0 Å². The third kappa shape index (κ3) is 0.698. The van der Waals surface area contributed by atoms with Crippen LogP contribution < -0.4 is 4.98 Å². The predicted octanol–water partition coefficient (Wildman–Crippen LogP) is 1.22. The molecule has 0 aliphatic carbocycles. The molecule has 0 unspecified atom stereocenters. The molecule has 0 aliphatic heterocycles. The zero-order valence-corrected chi connectivity index (χ0v) is 4.51. The summed E-state index contributed by atoms with van der Waals surface area (Å²) in [5.41, 5.74) is 0. The molecule has 0 aliphatic rings. The average molecular weight is 121 g/mol. The van der Waals surface area contributed by atoms with Crippen molar-refractivity contribution in [3.8, 4) is 0 Å². The number of halogens is 1.